The fourth-order valence-electron chi connectivity index (χ4n) is 1.41. The molecule has 0 amide bonds. The van der Waals surface area contributed by atoms with Crippen molar-refractivity contribution in [2.75, 3.05) is 0 Å². The van der Waals surface area contributed by atoms with E-state index in [-0.39, 0.29) is 12.4 Å². The molecule has 19 heavy (non-hydrogen) atoms. The molecule has 1 aliphatic carbocycles. The average molecular weight is 349 g/mol. The molecule has 0 spiro atoms. The Balaban J connectivity index is 0.000000280. The fourth-order valence-corrected chi connectivity index (χ4v) is 1.41. The summed E-state index contributed by atoms with van der Waals surface area (Å²) < 4.78 is 1.51. The van der Waals surface area contributed by atoms with Gasteiger partial charge in [-0.3, -0.25) is 6.08 Å². The number of hydrogen-bond acceptors (Lipinski definition) is 0. The van der Waals surface area contributed by atoms with Crippen molar-refractivity contribution in [3.63, 3.8) is 0 Å². The van der Waals surface area contributed by atoms with Gasteiger partial charge in [-0.25, -0.2) is 12.2 Å². The van der Waals surface area contributed by atoms with E-state index in [1.54, 1.807) is 24.2 Å². The van der Waals surface area contributed by atoms with Gasteiger partial charge in [-0.05, 0) is 0 Å². The van der Waals surface area contributed by atoms with Gasteiger partial charge in [0.1, 0.15) is 0 Å². The smallest absolute Gasteiger partial charge is 0.0809 e. The van der Waals surface area contributed by atoms with Gasteiger partial charge in [-0.2, -0.15) is 23.6 Å². The molecule has 0 radical (unpaired) electrons. The maximum absolute atomic E-state index is 2.99. The molecule has 0 aliphatic heterocycles. The summed E-state index contributed by atoms with van der Waals surface area (Å²) in [5.41, 5.74) is 0. The van der Waals surface area contributed by atoms with Gasteiger partial charge in [-0.15, -0.1) is 36.1 Å². The van der Waals surface area contributed by atoms with Gasteiger partial charge >= 0.3 is 41.3 Å². The van der Waals surface area contributed by atoms with Gasteiger partial charge in [-0.1, -0.05) is 6.07 Å². The molecule has 3 rings (SSSR count). The van der Waals surface area contributed by atoms with Crippen LogP contribution in [0.4, 0.5) is 0 Å². The average Bonchev–Trinajstić information content (AvgIpc) is 3.03. The maximum Gasteiger partial charge on any atom is -0.0809 e. The van der Waals surface area contributed by atoms with Crippen LogP contribution in [0.5, 0.6) is 0 Å². The number of allylic oxidation sites excluding steroid dienone is 4. The molecule has 0 nitrogen and oxygen atoms in total. The molecule has 0 unspecified atom stereocenters. The predicted molar refractivity (Wildman–Crippen MR) is 77.5 cm³/mol. The first-order chi connectivity index (χ1) is 8.70. The molecule has 0 saturated carbocycles. The summed E-state index contributed by atoms with van der Waals surface area (Å²) in [6, 6.07) is 14.7. The van der Waals surface area contributed by atoms with Gasteiger partial charge in [0.2, 0.25) is 0 Å². The monoisotopic (exact) mass is 347 g/mol. The number of hydrogen-bond donors (Lipinski definition) is 0. The molecule has 0 saturated heterocycles. The van der Waals surface area contributed by atoms with Gasteiger partial charge < -0.3 is 12.4 Å². The zero-order valence-corrected chi connectivity index (χ0v) is 14.6. The molecule has 0 fully saturated rings. The first-order valence-electron chi connectivity index (χ1n) is 6.04. The summed E-state index contributed by atoms with van der Waals surface area (Å²) in [6.07, 6.45) is 10.0. The largest absolute Gasteiger partial charge is 1.00 e. The molecule has 1 aliphatic rings. The van der Waals surface area contributed by atoms with E-state index in [4.69, 9.17) is 0 Å². The van der Waals surface area contributed by atoms with E-state index in [9.17, 15) is 0 Å². The third-order valence-corrected chi connectivity index (χ3v) is 2.13. The Labute approximate surface area is 137 Å². The number of rotatable bonds is 0. The van der Waals surface area contributed by atoms with Crippen LogP contribution in [0.15, 0.2) is 60.7 Å². The van der Waals surface area contributed by atoms with Crippen molar-refractivity contribution < 1.29 is 36.6 Å². The SMILES string of the molecule is C[C](C)=[Zr].[C-]1=CC=CC1.[Cl-].c1ccc2[cH-]ccc2c1. The second-order valence-corrected chi connectivity index (χ2v) is 6.62. The van der Waals surface area contributed by atoms with Crippen LogP contribution in [0.2, 0.25) is 0 Å². The topological polar surface area (TPSA) is 0 Å². The molecule has 0 aromatic heterocycles. The maximum atomic E-state index is 2.99. The Kier molecular flexibility index (Phi) is 10.8. The van der Waals surface area contributed by atoms with Crippen LogP contribution in [-0.2, 0) is 24.2 Å². The summed E-state index contributed by atoms with van der Waals surface area (Å²) in [7, 11) is 0. The molecular weight excluding hydrogens is 331 g/mol. The summed E-state index contributed by atoms with van der Waals surface area (Å²) in [5, 5.41) is 2.66. The second-order valence-electron chi connectivity index (χ2n) is 4.16. The molecule has 0 heterocycles. The standard InChI is InChI=1S/C9H7.C5H5.C3H6.ClH.Zr/c1-2-5-9-7-3-6-8(9)4-1;1-2-4-5-3-1;1-3-2;;/h1-7H;1-3H,4H2;1-2H3;1H;/q2*-1;;;/p-1. The summed E-state index contributed by atoms with van der Waals surface area (Å²) in [6.45, 7) is 4.25. The van der Waals surface area contributed by atoms with Crippen molar-refractivity contribution in [1.29, 1.82) is 0 Å². The molecule has 0 N–H and O–H groups in total. The van der Waals surface area contributed by atoms with Crippen molar-refractivity contribution in [2.45, 2.75) is 20.3 Å². The Morgan fingerprint density at radius 1 is 1.21 bits per heavy atom. The molecule has 0 bridgehead atoms. The first kappa shape index (κ1) is 18.4. The summed E-state index contributed by atoms with van der Waals surface area (Å²) in [4.78, 5) is 0. The van der Waals surface area contributed by atoms with Crippen molar-refractivity contribution >= 4 is 14.0 Å². The zero-order valence-electron chi connectivity index (χ0n) is 11.4. The molecular formula is C17H18ClZr-3. The van der Waals surface area contributed by atoms with Crippen LogP contribution < -0.4 is 12.4 Å². The van der Waals surface area contributed by atoms with Crippen molar-refractivity contribution in [3.05, 3.63) is 66.8 Å². The van der Waals surface area contributed by atoms with Crippen LogP contribution in [0, 0.1) is 6.08 Å². The third-order valence-electron chi connectivity index (χ3n) is 2.13. The minimum absolute atomic E-state index is 0. The second kappa shape index (κ2) is 11.2. The van der Waals surface area contributed by atoms with Crippen molar-refractivity contribution in [2.24, 2.45) is 0 Å². The van der Waals surface area contributed by atoms with Crippen LogP contribution in [0.25, 0.3) is 10.8 Å². The third kappa shape index (κ3) is 8.97. The van der Waals surface area contributed by atoms with Gasteiger partial charge in [0.05, 0.1) is 0 Å². The van der Waals surface area contributed by atoms with Crippen LogP contribution in [0.3, 0.4) is 0 Å². The molecule has 2 aromatic carbocycles. The predicted octanol–water partition coefficient (Wildman–Crippen LogP) is 1.61. The van der Waals surface area contributed by atoms with E-state index in [1.807, 2.05) is 12.2 Å². The summed E-state index contributed by atoms with van der Waals surface area (Å²) in [5.74, 6) is 0. The van der Waals surface area contributed by atoms with Gasteiger partial charge in [0, 0.05) is 0 Å². The normalized spacial score (nSPS) is 10.8. The van der Waals surface area contributed by atoms with Gasteiger partial charge in [0.15, 0.2) is 0 Å². The Morgan fingerprint density at radius 2 is 1.89 bits per heavy atom. The zero-order chi connectivity index (χ0) is 13.2. The number of benzene rings is 1. The first-order valence-corrected chi connectivity index (χ1v) is 7.27. The number of fused-ring (bicyclic) bond motifs is 1. The van der Waals surface area contributed by atoms with E-state index >= 15 is 0 Å². The van der Waals surface area contributed by atoms with Crippen LogP contribution in [0.1, 0.15) is 20.3 Å². The minimum atomic E-state index is 0. The molecule has 2 aromatic rings. The van der Waals surface area contributed by atoms with Crippen molar-refractivity contribution in [1.82, 2.24) is 0 Å². The van der Waals surface area contributed by atoms with E-state index in [0.717, 1.165) is 6.42 Å². The van der Waals surface area contributed by atoms with E-state index in [1.165, 1.54) is 14.0 Å². The van der Waals surface area contributed by atoms with E-state index < -0.39 is 0 Å². The van der Waals surface area contributed by atoms with Crippen LogP contribution in [-0.4, -0.2) is 3.21 Å². The molecule has 2 heteroatoms. The Morgan fingerprint density at radius 3 is 2.37 bits per heavy atom. The fraction of sp³-hybridized carbons (Fsp3) is 0.176. The molecule has 100 valence electrons. The Bertz CT molecular complexity index is 491. The van der Waals surface area contributed by atoms with Gasteiger partial charge in [0.25, 0.3) is 0 Å². The quantitative estimate of drug-likeness (QED) is 0.635. The van der Waals surface area contributed by atoms with Crippen LogP contribution >= 0.6 is 0 Å². The summed E-state index contributed by atoms with van der Waals surface area (Å²) >= 11 is 1.55. The Hall–Kier alpha value is -0.647. The molecule has 0 atom stereocenters. The van der Waals surface area contributed by atoms with Crippen molar-refractivity contribution in [3.8, 4) is 0 Å². The van der Waals surface area contributed by atoms with E-state index in [0.29, 0.717) is 0 Å². The van der Waals surface area contributed by atoms with E-state index in [2.05, 4.69) is 68.5 Å². The number of halogens is 1. The minimum Gasteiger partial charge on any atom is -1.00 e.